The number of hydrogen-bond donors (Lipinski definition) is 1. The number of nitrogens with one attached hydrogen (secondary N) is 1. The highest BCUT2D eigenvalue weighted by atomic mass is 79.9. The lowest BCUT2D eigenvalue weighted by Crippen LogP contribution is -1.98. The maximum atomic E-state index is 10.9. The monoisotopic (exact) mass is 371 g/mol. The van der Waals surface area contributed by atoms with Crippen molar-refractivity contribution < 1.29 is 9.85 Å². The molecule has 0 aromatic heterocycles. The minimum Gasteiger partial charge on any atom is -0.354 e. The van der Waals surface area contributed by atoms with Gasteiger partial charge in [-0.1, -0.05) is 11.6 Å². The Kier molecular flexibility index (Phi) is 4.39. The van der Waals surface area contributed by atoms with Crippen molar-refractivity contribution >= 4 is 50.3 Å². The van der Waals surface area contributed by atoms with E-state index in [0.29, 0.717) is 20.9 Å². The molecule has 0 unspecified atom stereocenters. The van der Waals surface area contributed by atoms with Crippen LogP contribution in [0.25, 0.3) is 0 Å². The van der Waals surface area contributed by atoms with Gasteiger partial charge in [-0.25, -0.2) is 0 Å². The van der Waals surface area contributed by atoms with Crippen molar-refractivity contribution in [2.75, 3.05) is 5.32 Å². The van der Waals surface area contributed by atoms with Crippen LogP contribution in [-0.2, 0) is 0 Å². The highest BCUT2D eigenvalue weighted by molar-refractivity contribution is 9.10. The van der Waals surface area contributed by atoms with Gasteiger partial charge in [0.2, 0.25) is 0 Å². The first kappa shape index (κ1) is 15.2. The largest absolute Gasteiger partial charge is 0.354 e. The molecular formula is C12H7BrClN3O4. The fourth-order valence-corrected chi connectivity index (χ4v) is 2.43. The smallest absolute Gasteiger partial charge is 0.348 e. The zero-order chi connectivity index (χ0) is 15.6. The number of anilines is 2. The van der Waals surface area contributed by atoms with Crippen molar-refractivity contribution in [1.29, 1.82) is 0 Å². The molecule has 0 aliphatic heterocycles. The Bertz CT molecular complexity index is 738. The topological polar surface area (TPSA) is 98.3 Å². The van der Waals surface area contributed by atoms with Crippen LogP contribution in [0.15, 0.2) is 40.9 Å². The first-order chi connectivity index (χ1) is 9.88. The molecule has 0 aliphatic carbocycles. The summed E-state index contributed by atoms with van der Waals surface area (Å²) in [7, 11) is 0. The van der Waals surface area contributed by atoms with E-state index in [2.05, 4.69) is 21.2 Å². The van der Waals surface area contributed by atoms with E-state index in [1.54, 1.807) is 18.2 Å². The van der Waals surface area contributed by atoms with Gasteiger partial charge in [-0.05, 0) is 40.2 Å². The third kappa shape index (κ3) is 3.47. The Morgan fingerprint density at radius 3 is 2.24 bits per heavy atom. The second-order valence-corrected chi connectivity index (χ2v) is 5.26. The van der Waals surface area contributed by atoms with Crippen LogP contribution < -0.4 is 5.32 Å². The normalized spacial score (nSPS) is 10.2. The zero-order valence-corrected chi connectivity index (χ0v) is 12.6. The first-order valence-electron chi connectivity index (χ1n) is 5.53. The Morgan fingerprint density at radius 1 is 1.00 bits per heavy atom. The SMILES string of the molecule is O=[N+]([O-])c1ccc(Nc2ccc(Cl)cc2Br)cc1[N+](=O)[O-]. The highest BCUT2D eigenvalue weighted by Crippen LogP contribution is 2.33. The lowest BCUT2D eigenvalue weighted by atomic mass is 10.2. The molecule has 0 aliphatic rings. The molecular weight excluding hydrogens is 366 g/mol. The van der Waals surface area contributed by atoms with E-state index < -0.39 is 21.2 Å². The average Bonchev–Trinajstić information content (AvgIpc) is 2.41. The van der Waals surface area contributed by atoms with Gasteiger partial charge in [0.05, 0.1) is 15.5 Å². The van der Waals surface area contributed by atoms with Crippen molar-refractivity contribution in [3.8, 4) is 0 Å². The summed E-state index contributed by atoms with van der Waals surface area (Å²) in [6.45, 7) is 0. The van der Waals surface area contributed by atoms with E-state index in [0.717, 1.165) is 12.1 Å². The molecule has 2 aromatic carbocycles. The summed E-state index contributed by atoms with van der Waals surface area (Å²) in [5.74, 6) is 0. The summed E-state index contributed by atoms with van der Waals surface area (Å²) in [4.78, 5) is 20.1. The number of nitro groups is 2. The molecule has 7 nitrogen and oxygen atoms in total. The molecule has 0 spiro atoms. The van der Waals surface area contributed by atoms with Gasteiger partial charge >= 0.3 is 11.4 Å². The third-order valence-electron chi connectivity index (χ3n) is 2.58. The molecule has 0 fully saturated rings. The zero-order valence-electron chi connectivity index (χ0n) is 10.2. The summed E-state index contributed by atoms with van der Waals surface area (Å²) >= 11 is 9.12. The molecule has 0 saturated heterocycles. The number of halogens is 2. The quantitative estimate of drug-likeness (QED) is 0.621. The molecule has 0 bridgehead atoms. The molecule has 0 amide bonds. The molecule has 1 N–H and O–H groups in total. The molecule has 0 atom stereocenters. The molecule has 0 radical (unpaired) electrons. The van der Waals surface area contributed by atoms with Gasteiger partial charge < -0.3 is 5.32 Å². The summed E-state index contributed by atoms with van der Waals surface area (Å²) < 4.78 is 0.663. The van der Waals surface area contributed by atoms with Gasteiger partial charge in [0, 0.05) is 27.3 Å². The number of nitro benzene ring substituents is 2. The van der Waals surface area contributed by atoms with E-state index in [-0.39, 0.29) is 0 Å². The van der Waals surface area contributed by atoms with Crippen molar-refractivity contribution in [2.24, 2.45) is 0 Å². The van der Waals surface area contributed by atoms with Crippen LogP contribution in [0.3, 0.4) is 0 Å². The van der Waals surface area contributed by atoms with Crippen molar-refractivity contribution in [3.05, 3.63) is 66.1 Å². The van der Waals surface area contributed by atoms with E-state index >= 15 is 0 Å². The van der Waals surface area contributed by atoms with Crippen LogP contribution >= 0.6 is 27.5 Å². The lowest BCUT2D eigenvalue weighted by Gasteiger charge is -2.08. The number of benzene rings is 2. The second kappa shape index (κ2) is 6.06. The number of nitrogens with zero attached hydrogens (tertiary/aromatic N) is 2. The van der Waals surface area contributed by atoms with Crippen LogP contribution in [0.2, 0.25) is 5.02 Å². The summed E-state index contributed by atoms with van der Waals surface area (Å²) in [6, 6.07) is 8.58. The Balaban J connectivity index is 2.39. The average molecular weight is 373 g/mol. The fourth-order valence-electron chi connectivity index (χ4n) is 1.65. The van der Waals surface area contributed by atoms with E-state index in [1.165, 1.54) is 6.07 Å². The lowest BCUT2D eigenvalue weighted by molar-refractivity contribution is -0.422. The summed E-state index contributed by atoms with van der Waals surface area (Å²) in [5, 5.41) is 25.1. The van der Waals surface area contributed by atoms with E-state index in [4.69, 9.17) is 11.6 Å². The molecule has 21 heavy (non-hydrogen) atoms. The third-order valence-corrected chi connectivity index (χ3v) is 3.47. The van der Waals surface area contributed by atoms with Crippen LogP contribution in [0, 0.1) is 20.2 Å². The predicted molar refractivity (Wildman–Crippen MR) is 82.2 cm³/mol. The minimum absolute atomic E-state index is 0.357. The van der Waals surface area contributed by atoms with Crippen molar-refractivity contribution in [2.45, 2.75) is 0 Å². The van der Waals surface area contributed by atoms with E-state index in [1.807, 2.05) is 0 Å². The fraction of sp³-hybridized carbons (Fsp3) is 0. The predicted octanol–water partition coefficient (Wildman–Crippen LogP) is 4.66. The summed E-state index contributed by atoms with van der Waals surface area (Å²) in [6.07, 6.45) is 0. The summed E-state index contributed by atoms with van der Waals surface area (Å²) in [5.41, 5.74) is -0.145. The number of hydrogen-bond acceptors (Lipinski definition) is 5. The highest BCUT2D eigenvalue weighted by Gasteiger charge is 2.24. The Hall–Kier alpha value is -2.19. The molecule has 0 saturated carbocycles. The van der Waals surface area contributed by atoms with Gasteiger partial charge in [0.1, 0.15) is 0 Å². The maximum absolute atomic E-state index is 10.9. The van der Waals surface area contributed by atoms with Crippen molar-refractivity contribution in [3.63, 3.8) is 0 Å². The van der Waals surface area contributed by atoms with Gasteiger partial charge in [0.25, 0.3) is 0 Å². The minimum atomic E-state index is -0.792. The van der Waals surface area contributed by atoms with Crippen LogP contribution in [0.1, 0.15) is 0 Å². The number of rotatable bonds is 4. The molecule has 2 rings (SSSR count). The van der Waals surface area contributed by atoms with E-state index in [9.17, 15) is 20.2 Å². The molecule has 0 heterocycles. The Morgan fingerprint density at radius 2 is 1.67 bits per heavy atom. The molecule has 108 valence electrons. The van der Waals surface area contributed by atoms with Gasteiger partial charge in [0.15, 0.2) is 0 Å². The molecule has 9 heteroatoms. The molecule has 2 aromatic rings. The Labute approximate surface area is 132 Å². The van der Waals surface area contributed by atoms with Crippen molar-refractivity contribution in [1.82, 2.24) is 0 Å². The van der Waals surface area contributed by atoms with Gasteiger partial charge in [-0.2, -0.15) is 0 Å². The van der Waals surface area contributed by atoms with Crippen LogP contribution in [0.5, 0.6) is 0 Å². The van der Waals surface area contributed by atoms with Crippen LogP contribution in [0.4, 0.5) is 22.7 Å². The second-order valence-electron chi connectivity index (χ2n) is 3.97. The van der Waals surface area contributed by atoms with Gasteiger partial charge in [-0.15, -0.1) is 0 Å². The maximum Gasteiger partial charge on any atom is 0.348 e. The van der Waals surface area contributed by atoms with Gasteiger partial charge in [-0.3, -0.25) is 20.2 Å². The standard InChI is InChI=1S/C12H7BrClN3O4/c13-9-5-7(14)1-3-10(9)15-8-2-4-11(16(18)19)12(6-8)17(20)21/h1-6,15H. The van der Waals surface area contributed by atoms with Crippen LogP contribution in [-0.4, -0.2) is 9.85 Å². The first-order valence-corrected chi connectivity index (χ1v) is 6.70.